The standard InChI is InChI=1S/C13H8N2O4/c1-2-19-13(18)10(7-14)15-11(16)8-5-3-4-6-9(8)12(15)17/h2-6,10H,1H2. The van der Waals surface area contributed by atoms with Crippen LogP contribution in [0.4, 0.5) is 0 Å². The number of carbonyl (C=O) groups is 3. The lowest BCUT2D eigenvalue weighted by atomic mass is 10.1. The number of imide groups is 1. The number of rotatable bonds is 3. The van der Waals surface area contributed by atoms with Crippen molar-refractivity contribution in [2.45, 2.75) is 6.04 Å². The molecule has 0 bridgehead atoms. The highest BCUT2D eigenvalue weighted by Crippen LogP contribution is 2.24. The molecule has 0 spiro atoms. The van der Waals surface area contributed by atoms with Gasteiger partial charge in [0.05, 0.1) is 17.4 Å². The summed E-state index contributed by atoms with van der Waals surface area (Å²) >= 11 is 0. The van der Waals surface area contributed by atoms with Crippen molar-refractivity contribution in [3.05, 3.63) is 48.2 Å². The molecule has 6 heteroatoms. The third kappa shape index (κ3) is 1.87. The zero-order valence-corrected chi connectivity index (χ0v) is 9.70. The minimum Gasteiger partial charge on any atom is -0.433 e. The maximum Gasteiger partial charge on any atom is 0.349 e. The molecule has 1 heterocycles. The van der Waals surface area contributed by atoms with Gasteiger partial charge in [0.2, 0.25) is 6.04 Å². The van der Waals surface area contributed by atoms with Crippen LogP contribution in [0.25, 0.3) is 0 Å². The van der Waals surface area contributed by atoms with Crippen molar-refractivity contribution >= 4 is 17.8 Å². The van der Waals surface area contributed by atoms with Gasteiger partial charge in [-0.2, -0.15) is 5.26 Å². The van der Waals surface area contributed by atoms with Crippen LogP contribution in [0.3, 0.4) is 0 Å². The Morgan fingerprint density at radius 3 is 2.26 bits per heavy atom. The average Bonchev–Trinajstić information content (AvgIpc) is 2.66. The zero-order chi connectivity index (χ0) is 14.0. The molecular formula is C13H8N2O4. The summed E-state index contributed by atoms with van der Waals surface area (Å²) in [5.74, 6) is -2.40. The first-order valence-electron chi connectivity index (χ1n) is 5.29. The first-order valence-corrected chi connectivity index (χ1v) is 5.29. The van der Waals surface area contributed by atoms with Crippen LogP contribution >= 0.6 is 0 Å². The number of amides is 2. The molecule has 1 aromatic carbocycles. The molecule has 19 heavy (non-hydrogen) atoms. The van der Waals surface area contributed by atoms with Crippen LogP contribution in [-0.4, -0.2) is 28.7 Å². The van der Waals surface area contributed by atoms with Gasteiger partial charge < -0.3 is 4.74 Å². The van der Waals surface area contributed by atoms with E-state index in [0.29, 0.717) is 4.90 Å². The summed E-state index contributed by atoms with van der Waals surface area (Å²) in [4.78, 5) is 36.2. The molecular weight excluding hydrogens is 248 g/mol. The van der Waals surface area contributed by atoms with Crippen LogP contribution < -0.4 is 0 Å². The quantitative estimate of drug-likeness (QED) is 0.454. The Morgan fingerprint density at radius 2 is 1.84 bits per heavy atom. The molecule has 0 saturated carbocycles. The molecule has 1 aliphatic heterocycles. The molecule has 0 aliphatic carbocycles. The Bertz CT molecular complexity index is 595. The van der Waals surface area contributed by atoms with Crippen molar-refractivity contribution in [3.8, 4) is 6.07 Å². The van der Waals surface area contributed by atoms with Gasteiger partial charge in [-0.05, 0) is 12.1 Å². The second-order valence-electron chi connectivity index (χ2n) is 3.66. The number of fused-ring (bicyclic) bond motifs is 1. The zero-order valence-electron chi connectivity index (χ0n) is 9.70. The van der Waals surface area contributed by atoms with E-state index in [-0.39, 0.29) is 11.1 Å². The normalized spacial score (nSPS) is 14.6. The summed E-state index contributed by atoms with van der Waals surface area (Å²) in [7, 11) is 0. The van der Waals surface area contributed by atoms with Gasteiger partial charge in [0.1, 0.15) is 6.07 Å². The molecule has 0 fully saturated rings. The van der Waals surface area contributed by atoms with Crippen LogP contribution in [0, 0.1) is 11.3 Å². The summed E-state index contributed by atoms with van der Waals surface area (Å²) in [6, 6.07) is 6.08. The van der Waals surface area contributed by atoms with Crippen molar-refractivity contribution < 1.29 is 19.1 Å². The molecule has 2 amide bonds. The van der Waals surface area contributed by atoms with Crippen LogP contribution in [0.5, 0.6) is 0 Å². The SMILES string of the molecule is C=COC(=O)C(C#N)N1C(=O)c2ccccc2C1=O. The molecule has 1 aromatic rings. The molecule has 0 aromatic heterocycles. The molecule has 6 nitrogen and oxygen atoms in total. The van der Waals surface area contributed by atoms with E-state index >= 15 is 0 Å². The number of benzene rings is 1. The van der Waals surface area contributed by atoms with Gasteiger partial charge in [0.25, 0.3) is 11.8 Å². The molecule has 1 atom stereocenters. The van der Waals surface area contributed by atoms with Crippen LogP contribution in [-0.2, 0) is 9.53 Å². The Morgan fingerprint density at radius 1 is 1.32 bits per heavy atom. The van der Waals surface area contributed by atoms with Crippen molar-refractivity contribution in [2.24, 2.45) is 0 Å². The first kappa shape index (κ1) is 12.5. The number of nitrogens with zero attached hydrogens (tertiary/aromatic N) is 2. The summed E-state index contributed by atoms with van der Waals surface area (Å²) in [5, 5.41) is 8.97. The molecule has 1 unspecified atom stereocenters. The topological polar surface area (TPSA) is 87.5 Å². The van der Waals surface area contributed by atoms with Gasteiger partial charge in [-0.25, -0.2) is 9.69 Å². The van der Waals surface area contributed by atoms with Gasteiger partial charge in [0, 0.05) is 0 Å². The highest BCUT2D eigenvalue weighted by Gasteiger charge is 2.43. The monoisotopic (exact) mass is 256 g/mol. The number of carbonyl (C=O) groups excluding carboxylic acids is 3. The lowest BCUT2D eigenvalue weighted by Crippen LogP contribution is -2.44. The Kier molecular flexibility index (Phi) is 3.12. The van der Waals surface area contributed by atoms with E-state index in [1.165, 1.54) is 12.1 Å². The van der Waals surface area contributed by atoms with E-state index in [0.717, 1.165) is 6.26 Å². The molecule has 1 aliphatic rings. The average molecular weight is 256 g/mol. The highest BCUT2D eigenvalue weighted by molar-refractivity contribution is 6.23. The van der Waals surface area contributed by atoms with Gasteiger partial charge in [-0.3, -0.25) is 9.59 Å². The third-order valence-electron chi connectivity index (χ3n) is 2.63. The lowest BCUT2D eigenvalue weighted by molar-refractivity contribution is -0.140. The van der Waals surface area contributed by atoms with E-state index in [9.17, 15) is 14.4 Å². The lowest BCUT2D eigenvalue weighted by Gasteiger charge is -2.17. The number of esters is 1. The second kappa shape index (κ2) is 4.74. The van der Waals surface area contributed by atoms with Gasteiger partial charge in [-0.1, -0.05) is 18.7 Å². The number of hydrogen-bond donors (Lipinski definition) is 0. The molecule has 0 N–H and O–H groups in total. The second-order valence-corrected chi connectivity index (χ2v) is 3.66. The summed E-state index contributed by atoms with van der Waals surface area (Å²) < 4.78 is 4.46. The largest absolute Gasteiger partial charge is 0.433 e. The number of hydrogen-bond acceptors (Lipinski definition) is 5. The minimum absolute atomic E-state index is 0.166. The van der Waals surface area contributed by atoms with E-state index in [1.54, 1.807) is 18.2 Å². The molecule has 2 rings (SSSR count). The summed E-state index contributed by atoms with van der Waals surface area (Å²) in [6.45, 7) is 3.18. The van der Waals surface area contributed by atoms with E-state index in [1.807, 2.05) is 0 Å². The molecule has 94 valence electrons. The smallest absolute Gasteiger partial charge is 0.349 e. The fourth-order valence-electron chi connectivity index (χ4n) is 1.80. The van der Waals surface area contributed by atoms with E-state index in [4.69, 9.17) is 5.26 Å². The predicted octanol–water partition coefficient (Wildman–Crippen LogP) is 0.861. The van der Waals surface area contributed by atoms with Crippen LogP contribution in [0.1, 0.15) is 20.7 Å². The predicted molar refractivity (Wildman–Crippen MR) is 62.6 cm³/mol. The van der Waals surface area contributed by atoms with E-state index in [2.05, 4.69) is 11.3 Å². The Hall–Kier alpha value is -2.94. The summed E-state index contributed by atoms with van der Waals surface area (Å²) in [5.41, 5.74) is 0.332. The number of ether oxygens (including phenoxy) is 1. The minimum atomic E-state index is -1.62. The maximum absolute atomic E-state index is 12.0. The Balaban J connectivity index is 2.41. The molecule has 0 saturated heterocycles. The third-order valence-corrected chi connectivity index (χ3v) is 2.63. The first-order chi connectivity index (χ1) is 9.11. The highest BCUT2D eigenvalue weighted by atomic mass is 16.5. The van der Waals surface area contributed by atoms with Crippen molar-refractivity contribution in [1.82, 2.24) is 4.90 Å². The van der Waals surface area contributed by atoms with Crippen molar-refractivity contribution in [1.29, 1.82) is 5.26 Å². The van der Waals surface area contributed by atoms with Crippen molar-refractivity contribution in [3.63, 3.8) is 0 Å². The fourth-order valence-corrected chi connectivity index (χ4v) is 1.80. The van der Waals surface area contributed by atoms with Crippen molar-refractivity contribution in [2.75, 3.05) is 0 Å². The maximum atomic E-state index is 12.0. The summed E-state index contributed by atoms with van der Waals surface area (Å²) in [6.07, 6.45) is 0.838. The fraction of sp³-hybridized carbons (Fsp3) is 0.0769. The van der Waals surface area contributed by atoms with Gasteiger partial charge in [-0.15, -0.1) is 0 Å². The molecule has 0 radical (unpaired) electrons. The van der Waals surface area contributed by atoms with Gasteiger partial charge >= 0.3 is 5.97 Å². The van der Waals surface area contributed by atoms with Gasteiger partial charge in [0.15, 0.2) is 0 Å². The number of nitriles is 1. The van der Waals surface area contributed by atoms with Crippen LogP contribution in [0.15, 0.2) is 37.1 Å². The van der Waals surface area contributed by atoms with E-state index < -0.39 is 23.8 Å². The van der Waals surface area contributed by atoms with Crippen LogP contribution in [0.2, 0.25) is 0 Å². The Labute approximate surface area is 108 Å².